The van der Waals surface area contributed by atoms with Crippen molar-refractivity contribution in [3.05, 3.63) is 53.6 Å². The van der Waals surface area contributed by atoms with Crippen molar-refractivity contribution in [2.45, 2.75) is 0 Å². The van der Waals surface area contributed by atoms with Gasteiger partial charge >= 0.3 is 0 Å². The topological polar surface area (TPSA) is 110 Å². The number of ether oxygens (including phenoxy) is 2. The summed E-state index contributed by atoms with van der Waals surface area (Å²) >= 11 is 0. The second-order valence-electron chi connectivity index (χ2n) is 5.08. The van der Waals surface area contributed by atoms with Crippen LogP contribution in [0.25, 0.3) is 6.08 Å². The van der Waals surface area contributed by atoms with Gasteiger partial charge in [0.25, 0.3) is 11.8 Å². The minimum absolute atomic E-state index is 0.00807. The van der Waals surface area contributed by atoms with E-state index in [0.717, 1.165) is 0 Å². The first-order valence-corrected chi connectivity index (χ1v) is 7.52. The highest BCUT2D eigenvalue weighted by Crippen LogP contribution is 2.33. The lowest BCUT2D eigenvalue weighted by molar-refractivity contribution is -0.117. The molecule has 3 N–H and O–H groups in total. The van der Waals surface area contributed by atoms with Gasteiger partial charge in [-0.1, -0.05) is 6.07 Å². The van der Waals surface area contributed by atoms with Gasteiger partial charge in [-0.3, -0.25) is 9.59 Å². The molecule has 130 valence electrons. The van der Waals surface area contributed by atoms with Gasteiger partial charge in [0, 0.05) is 6.54 Å². The molecule has 0 aliphatic carbocycles. The Morgan fingerprint density at radius 3 is 2.80 bits per heavy atom. The molecule has 0 atom stereocenters. The van der Waals surface area contributed by atoms with Crippen molar-refractivity contribution in [2.24, 2.45) is 0 Å². The minimum Gasteiger partial charge on any atom is -0.459 e. The summed E-state index contributed by atoms with van der Waals surface area (Å²) in [5, 5.41) is 13.9. The number of hydrogen-bond acceptors (Lipinski definition) is 6. The predicted octanol–water partition coefficient (Wildman–Crippen LogP) is 0.888. The second-order valence-corrected chi connectivity index (χ2v) is 5.08. The molecular weight excluding hydrogens is 328 g/mol. The smallest absolute Gasteiger partial charge is 0.291 e. The Bertz CT molecular complexity index is 797. The first kappa shape index (κ1) is 16.6. The summed E-state index contributed by atoms with van der Waals surface area (Å²) in [5.41, 5.74) is 0.645. The summed E-state index contributed by atoms with van der Waals surface area (Å²) in [6, 6.07) is 8.19. The molecule has 3 rings (SSSR count). The van der Waals surface area contributed by atoms with Crippen molar-refractivity contribution in [1.82, 2.24) is 10.6 Å². The molecule has 0 unspecified atom stereocenters. The normalized spacial score (nSPS) is 12.8. The number of furan rings is 1. The SMILES string of the molecule is O=C(NCCO)C(=Cc1ccc2c(c1)OCO2)NC(=O)c1ccco1. The highest BCUT2D eigenvalue weighted by atomic mass is 16.7. The summed E-state index contributed by atoms with van der Waals surface area (Å²) in [5.74, 6) is 0.151. The predicted molar refractivity (Wildman–Crippen MR) is 86.8 cm³/mol. The van der Waals surface area contributed by atoms with Crippen molar-refractivity contribution >= 4 is 17.9 Å². The van der Waals surface area contributed by atoms with E-state index in [9.17, 15) is 9.59 Å². The molecule has 0 radical (unpaired) electrons. The first-order chi connectivity index (χ1) is 12.2. The highest BCUT2D eigenvalue weighted by molar-refractivity contribution is 6.04. The monoisotopic (exact) mass is 344 g/mol. The Balaban J connectivity index is 1.84. The van der Waals surface area contributed by atoms with Crippen molar-refractivity contribution < 1.29 is 28.6 Å². The number of rotatable bonds is 6. The van der Waals surface area contributed by atoms with E-state index < -0.39 is 11.8 Å². The van der Waals surface area contributed by atoms with E-state index in [4.69, 9.17) is 19.0 Å². The quantitative estimate of drug-likeness (QED) is 0.671. The highest BCUT2D eigenvalue weighted by Gasteiger charge is 2.17. The van der Waals surface area contributed by atoms with Crippen LogP contribution < -0.4 is 20.1 Å². The summed E-state index contributed by atoms with van der Waals surface area (Å²) in [6.45, 7) is -0.00924. The lowest BCUT2D eigenvalue weighted by Crippen LogP contribution is -2.36. The van der Waals surface area contributed by atoms with Crippen LogP contribution in [-0.4, -0.2) is 36.9 Å². The average molecular weight is 344 g/mol. The van der Waals surface area contributed by atoms with E-state index in [1.54, 1.807) is 24.3 Å². The maximum absolute atomic E-state index is 12.3. The van der Waals surface area contributed by atoms with Crippen LogP contribution in [0.2, 0.25) is 0 Å². The number of aliphatic hydroxyl groups excluding tert-OH is 1. The Morgan fingerprint density at radius 1 is 1.20 bits per heavy atom. The van der Waals surface area contributed by atoms with E-state index in [1.165, 1.54) is 18.4 Å². The number of carbonyl (C=O) groups excluding carboxylic acids is 2. The summed E-state index contributed by atoms with van der Waals surface area (Å²) in [6.07, 6.45) is 2.86. The third-order valence-corrected chi connectivity index (χ3v) is 3.34. The third kappa shape index (κ3) is 3.99. The van der Waals surface area contributed by atoms with E-state index in [1.807, 2.05) is 0 Å². The van der Waals surface area contributed by atoms with Crippen LogP contribution in [0.5, 0.6) is 11.5 Å². The standard InChI is InChI=1S/C17H16N2O6/c20-6-5-18-16(21)12(19-17(22)14-2-1-7-23-14)8-11-3-4-13-15(9-11)25-10-24-13/h1-4,7-9,20H,5-6,10H2,(H,18,21)(H,19,22). The van der Waals surface area contributed by atoms with Crippen LogP contribution in [0.15, 0.2) is 46.7 Å². The molecule has 8 heteroatoms. The number of fused-ring (bicyclic) bond motifs is 1. The molecule has 1 aromatic heterocycles. The van der Waals surface area contributed by atoms with Gasteiger partial charge in [0.15, 0.2) is 17.3 Å². The zero-order chi connectivity index (χ0) is 17.6. The molecule has 1 aliphatic heterocycles. The fourth-order valence-electron chi connectivity index (χ4n) is 2.18. The van der Waals surface area contributed by atoms with Crippen LogP contribution in [0.4, 0.5) is 0 Å². The number of carbonyl (C=O) groups is 2. The zero-order valence-corrected chi connectivity index (χ0v) is 13.2. The number of hydrogen-bond donors (Lipinski definition) is 3. The van der Waals surface area contributed by atoms with E-state index in [2.05, 4.69) is 10.6 Å². The Hall–Kier alpha value is -3.26. The molecule has 25 heavy (non-hydrogen) atoms. The zero-order valence-electron chi connectivity index (χ0n) is 13.2. The molecule has 8 nitrogen and oxygen atoms in total. The Morgan fingerprint density at radius 2 is 2.04 bits per heavy atom. The summed E-state index contributed by atoms with van der Waals surface area (Å²) in [4.78, 5) is 24.4. The number of aliphatic hydroxyl groups is 1. The van der Waals surface area contributed by atoms with Crippen LogP contribution in [0.1, 0.15) is 16.1 Å². The van der Waals surface area contributed by atoms with Crippen LogP contribution >= 0.6 is 0 Å². The fraction of sp³-hybridized carbons (Fsp3) is 0.176. The summed E-state index contributed by atoms with van der Waals surface area (Å²) in [7, 11) is 0. The van der Waals surface area contributed by atoms with Gasteiger partial charge in [0.2, 0.25) is 6.79 Å². The van der Waals surface area contributed by atoms with Crippen LogP contribution in [0.3, 0.4) is 0 Å². The number of nitrogens with one attached hydrogen (secondary N) is 2. The third-order valence-electron chi connectivity index (χ3n) is 3.34. The molecule has 2 amide bonds. The van der Waals surface area contributed by atoms with Gasteiger partial charge in [-0.15, -0.1) is 0 Å². The largest absolute Gasteiger partial charge is 0.459 e. The molecule has 0 saturated heterocycles. The van der Waals surface area contributed by atoms with Crippen molar-refractivity contribution in [1.29, 1.82) is 0 Å². The Kier molecular flexibility index (Phi) is 5.00. The number of benzene rings is 1. The van der Waals surface area contributed by atoms with E-state index in [0.29, 0.717) is 17.1 Å². The van der Waals surface area contributed by atoms with E-state index >= 15 is 0 Å². The Labute approximate surface area is 143 Å². The molecule has 0 saturated carbocycles. The van der Waals surface area contributed by atoms with E-state index in [-0.39, 0.29) is 31.4 Å². The molecule has 0 spiro atoms. The molecule has 2 aromatic rings. The summed E-state index contributed by atoms with van der Waals surface area (Å²) < 4.78 is 15.6. The molecule has 0 bridgehead atoms. The van der Waals surface area contributed by atoms with Crippen LogP contribution in [0, 0.1) is 0 Å². The molecule has 1 aromatic carbocycles. The maximum Gasteiger partial charge on any atom is 0.291 e. The lowest BCUT2D eigenvalue weighted by atomic mass is 10.1. The number of amides is 2. The van der Waals surface area contributed by atoms with Gasteiger partial charge in [-0.25, -0.2) is 0 Å². The molecule has 0 fully saturated rings. The van der Waals surface area contributed by atoms with Gasteiger partial charge < -0.3 is 29.6 Å². The van der Waals surface area contributed by atoms with Crippen molar-refractivity contribution in [2.75, 3.05) is 19.9 Å². The van der Waals surface area contributed by atoms with Crippen LogP contribution in [-0.2, 0) is 4.79 Å². The lowest BCUT2D eigenvalue weighted by Gasteiger charge is -2.09. The molecule has 1 aliphatic rings. The van der Waals surface area contributed by atoms with Gasteiger partial charge in [0.1, 0.15) is 5.70 Å². The minimum atomic E-state index is -0.559. The maximum atomic E-state index is 12.3. The first-order valence-electron chi connectivity index (χ1n) is 7.52. The van der Waals surface area contributed by atoms with Gasteiger partial charge in [-0.2, -0.15) is 0 Å². The molecule has 2 heterocycles. The van der Waals surface area contributed by atoms with Gasteiger partial charge in [0.05, 0.1) is 12.9 Å². The van der Waals surface area contributed by atoms with Crippen molar-refractivity contribution in [3.8, 4) is 11.5 Å². The molecular formula is C17H16N2O6. The van der Waals surface area contributed by atoms with Crippen molar-refractivity contribution in [3.63, 3.8) is 0 Å². The fourth-order valence-corrected chi connectivity index (χ4v) is 2.18. The van der Waals surface area contributed by atoms with Gasteiger partial charge in [-0.05, 0) is 35.9 Å². The second kappa shape index (κ2) is 7.54. The average Bonchev–Trinajstić information content (AvgIpc) is 3.29.